The minimum atomic E-state index is 0.791. The Morgan fingerprint density at radius 1 is 1.26 bits per heavy atom. The van der Waals surface area contributed by atoms with Gasteiger partial charge in [0.05, 0.1) is 0 Å². The lowest BCUT2D eigenvalue weighted by Gasteiger charge is -2.19. The van der Waals surface area contributed by atoms with Crippen LogP contribution in [0.25, 0.3) is 10.9 Å². The van der Waals surface area contributed by atoms with E-state index in [0.29, 0.717) is 0 Å². The molecule has 19 heavy (non-hydrogen) atoms. The van der Waals surface area contributed by atoms with Gasteiger partial charge in [-0.15, -0.1) is 0 Å². The Kier molecular flexibility index (Phi) is 3.78. The van der Waals surface area contributed by atoms with Crippen LogP contribution >= 0.6 is 11.6 Å². The third kappa shape index (κ3) is 2.78. The largest absolute Gasteiger partial charge is 0.358 e. The molecule has 1 aliphatic rings. The minimum Gasteiger partial charge on any atom is -0.358 e. The molecule has 0 radical (unpaired) electrons. The Morgan fingerprint density at radius 2 is 2.16 bits per heavy atom. The molecule has 0 aliphatic carbocycles. The van der Waals surface area contributed by atoms with Crippen LogP contribution in [0.3, 0.4) is 0 Å². The number of aryl methyl sites for hydroxylation is 1. The highest BCUT2D eigenvalue weighted by atomic mass is 35.5. The van der Waals surface area contributed by atoms with Crippen LogP contribution in [0.5, 0.6) is 0 Å². The molecule has 1 aromatic carbocycles. The van der Waals surface area contributed by atoms with Crippen molar-refractivity contribution in [2.45, 2.75) is 19.9 Å². The van der Waals surface area contributed by atoms with E-state index in [1.54, 1.807) is 0 Å². The van der Waals surface area contributed by atoms with Crippen molar-refractivity contribution >= 4 is 22.5 Å². The Bertz CT molecular complexity index is 568. The van der Waals surface area contributed by atoms with Gasteiger partial charge in [0.15, 0.2) is 0 Å². The maximum Gasteiger partial charge on any atom is 0.0474 e. The second-order valence-electron chi connectivity index (χ2n) is 5.30. The van der Waals surface area contributed by atoms with Gasteiger partial charge >= 0.3 is 0 Å². The molecule has 2 aromatic rings. The van der Waals surface area contributed by atoms with Crippen molar-refractivity contribution in [2.75, 3.05) is 26.2 Å². The first-order chi connectivity index (χ1) is 9.24. The number of nitrogens with one attached hydrogen (secondary N) is 2. The molecule has 2 N–H and O–H groups in total. The fraction of sp³-hybridized carbons (Fsp3) is 0.467. The van der Waals surface area contributed by atoms with Gasteiger partial charge in [0, 0.05) is 41.3 Å². The van der Waals surface area contributed by atoms with Gasteiger partial charge in [0.1, 0.15) is 0 Å². The number of fused-ring (bicyclic) bond motifs is 1. The summed E-state index contributed by atoms with van der Waals surface area (Å²) < 4.78 is 0. The number of hydrogen-bond donors (Lipinski definition) is 2. The van der Waals surface area contributed by atoms with E-state index in [2.05, 4.69) is 28.2 Å². The molecule has 0 atom stereocenters. The predicted molar refractivity (Wildman–Crippen MR) is 80.8 cm³/mol. The molecule has 0 unspecified atom stereocenters. The zero-order chi connectivity index (χ0) is 13.2. The molecule has 1 saturated heterocycles. The number of benzene rings is 1. The molecule has 1 fully saturated rings. The Labute approximate surface area is 118 Å². The summed E-state index contributed by atoms with van der Waals surface area (Å²) in [6.07, 6.45) is 1.23. The lowest BCUT2D eigenvalue weighted by molar-refractivity contribution is 0.285. The molecule has 0 spiro atoms. The Morgan fingerprint density at radius 3 is 3.05 bits per heavy atom. The van der Waals surface area contributed by atoms with Crippen molar-refractivity contribution in [1.29, 1.82) is 0 Å². The van der Waals surface area contributed by atoms with E-state index in [0.717, 1.165) is 36.7 Å². The van der Waals surface area contributed by atoms with Gasteiger partial charge in [-0.05, 0) is 44.1 Å². The number of rotatable bonds is 2. The van der Waals surface area contributed by atoms with Crippen LogP contribution in [0, 0.1) is 6.92 Å². The van der Waals surface area contributed by atoms with Crippen LogP contribution < -0.4 is 5.32 Å². The van der Waals surface area contributed by atoms with Crippen molar-refractivity contribution in [3.8, 4) is 0 Å². The SMILES string of the molecule is Cc1[nH]c2cc(Cl)ccc2c1CN1CCCNCC1. The maximum absolute atomic E-state index is 6.06. The summed E-state index contributed by atoms with van der Waals surface area (Å²) in [6.45, 7) is 7.70. The molecule has 3 rings (SSSR count). The highest BCUT2D eigenvalue weighted by molar-refractivity contribution is 6.31. The maximum atomic E-state index is 6.06. The lowest BCUT2D eigenvalue weighted by Crippen LogP contribution is -2.27. The second-order valence-corrected chi connectivity index (χ2v) is 5.73. The van der Waals surface area contributed by atoms with Crippen LogP contribution in [0.2, 0.25) is 5.02 Å². The third-order valence-corrected chi connectivity index (χ3v) is 4.13. The molecule has 1 aromatic heterocycles. The zero-order valence-electron chi connectivity index (χ0n) is 11.3. The van der Waals surface area contributed by atoms with Gasteiger partial charge in [0.25, 0.3) is 0 Å². The number of hydrogen-bond acceptors (Lipinski definition) is 2. The van der Waals surface area contributed by atoms with Crippen molar-refractivity contribution in [3.63, 3.8) is 0 Å². The quantitative estimate of drug-likeness (QED) is 0.884. The van der Waals surface area contributed by atoms with Crippen LogP contribution in [0.1, 0.15) is 17.7 Å². The van der Waals surface area contributed by atoms with Crippen molar-refractivity contribution in [1.82, 2.24) is 15.2 Å². The van der Waals surface area contributed by atoms with E-state index >= 15 is 0 Å². The molecular weight excluding hydrogens is 258 g/mol. The standard InChI is InChI=1S/C15H20ClN3/c1-11-14(10-19-7-2-5-17-6-8-19)13-4-3-12(16)9-15(13)18-11/h3-4,9,17-18H,2,5-8,10H2,1H3. The van der Waals surface area contributed by atoms with E-state index in [1.807, 2.05) is 12.1 Å². The van der Waals surface area contributed by atoms with Gasteiger partial charge in [-0.2, -0.15) is 0 Å². The summed E-state index contributed by atoms with van der Waals surface area (Å²) >= 11 is 6.06. The molecule has 1 aliphatic heterocycles. The summed E-state index contributed by atoms with van der Waals surface area (Å²) in [5, 5.41) is 5.54. The van der Waals surface area contributed by atoms with E-state index in [-0.39, 0.29) is 0 Å². The normalized spacial score (nSPS) is 17.8. The highest BCUT2D eigenvalue weighted by Gasteiger charge is 2.14. The summed E-state index contributed by atoms with van der Waals surface area (Å²) in [5.74, 6) is 0. The molecule has 4 heteroatoms. The first kappa shape index (κ1) is 13.0. The van der Waals surface area contributed by atoms with Crippen molar-refractivity contribution in [2.24, 2.45) is 0 Å². The number of H-pyrrole nitrogens is 1. The third-order valence-electron chi connectivity index (χ3n) is 3.90. The smallest absolute Gasteiger partial charge is 0.0474 e. The van der Waals surface area contributed by atoms with Gasteiger partial charge < -0.3 is 10.3 Å². The van der Waals surface area contributed by atoms with E-state index < -0.39 is 0 Å². The number of nitrogens with zero attached hydrogens (tertiary/aromatic N) is 1. The summed E-state index contributed by atoms with van der Waals surface area (Å²) in [6, 6.07) is 6.12. The van der Waals surface area contributed by atoms with Gasteiger partial charge in [0.2, 0.25) is 0 Å². The van der Waals surface area contributed by atoms with Crippen LogP contribution in [0.4, 0.5) is 0 Å². The van der Waals surface area contributed by atoms with Crippen LogP contribution in [-0.4, -0.2) is 36.1 Å². The average molecular weight is 278 g/mol. The molecule has 0 saturated carbocycles. The van der Waals surface area contributed by atoms with Gasteiger partial charge in [-0.3, -0.25) is 4.90 Å². The topological polar surface area (TPSA) is 31.1 Å². The molecule has 102 valence electrons. The highest BCUT2D eigenvalue weighted by Crippen LogP contribution is 2.26. The Balaban J connectivity index is 1.89. The number of aromatic amines is 1. The monoisotopic (exact) mass is 277 g/mol. The Hall–Kier alpha value is -1.03. The van der Waals surface area contributed by atoms with Gasteiger partial charge in [-0.25, -0.2) is 0 Å². The van der Waals surface area contributed by atoms with Gasteiger partial charge in [-0.1, -0.05) is 17.7 Å². The van der Waals surface area contributed by atoms with Crippen molar-refractivity contribution < 1.29 is 0 Å². The number of aromatic nitrogens is 1. The first-order valence-electron chi connectivity index (χ1n) is 6.94. The molecular formula is C15H20ClN3. The molecule has 3 nitrogen and oxygen atoms in total. The average Bonchev–Trinajstić information content (AvgIpc) is 2.57. The van der Waals surface area contributed by atoms with E-state index in [4.69, 9.17) is 11.6 Å². The molecule has 0 amide bonds. The predicted octanol–water partition coefficient (Wildman–Crippen LogP) is 2.93. The van der Waals surface area contributed by atoms with E-state index in [9.17, 15) is 0 Å². The molecule has 0 bridgehead atoms. The molecule has 2 heterocycles. The first-order valence-corrected chi connectivity index (χ1v) is 7.31. The van der Waals surface area contributed by atoms with E-state index in [1.165, 1.54) is 29.6 Å². The lowest BCUT2D eigenvalue weighted by atomic mass is 10.1. The summed E-state index contributed by atoms with van der Waals surface area (Å²) in [5.41, 5.74) is 3.82. The zero-order valence-corrected chi connectivity index (χ0v) is 12.1. The summed E-state index contributed by atoms with van der Waals surface area (Å²) in [7, 11) is 0. The van der Waals surface area contributed by atoms with Crippen molar-refractivity contribution in [3.05, 3.63) is 34.5 Å². The second kappa shape index (κ2) is 5.53. The number of halogens is 1. The van der Waals surface area contributed by atoms with Crippen LogP contribution in [0.15, 0.2) is 18.2 Å². The fourth-order valence-corrected chi connectivity index (χ4v) is 3.02. The fourth-order valence-electron chi connectivity index (χ4n) is 2.85. The van der Waals surface area contributed by atoms with Crippen LogP contribution in [-0.2, 0) is 6.54 Å². The minimum absolute atomic E-state index is 0.791. The summed E-state index contributed by atoms with van der Waals surface area (Å²) in [4.78, 5) is 5.98.